The zero-order chi connectivity index (χ0) is 19.9. The van der Waals surface area contributed by atoms with Crippen LogP contribution in [0.25, 0.3) is 0 Å². The van der Waals surface area contributed by atoms with Crippen LogP contribution < -0.4 is 15.1 Å². The predicted molar refractivity (Wildman–Crippen MR) is 117 cm³/mol. The number of carbonyl (C=O) groups excluding carboxylic acids is 1. The Morgan fingerprint density at radius 3 is 2.07 bits per heavy atom. The molecular formula is C25H28N3O+. The van der Waals surface area contributed by atoms with E-state index in [0.29, 0.717) is 12.1 Å². The van der Waals surface area contributed by atoms with Crippen molar-refractivity contribution in [2.75, 3.05) is 31.1 Å². The lowest BCUT2D eigenvalue weighted by Gasteiger charge is -2.33. The van der Waals surface area contributed by atoms with Crippen molar-refractivity contribution in [2.45, 2.75) is 13.1 Å². The maximum Gasteiger partial charge on any atom is 0.251 e. The van der Waals surface area contributed by atoms with E-state index in [0.717, 1.165) is 38.3 Å². The lowest BCUT2D eigenvalue weighted by atomic mass is 10.1. The van der Waals surface area contributed by atoms with Crippen molar-refractivity contribution >= 4 is 11.6 Å². The van der Waals surface area contributed by atoms with E-state index in [4.69, 9.17) is 0 Å². The number of para-hydroxylation sites is 1. The van der Waals surface area contributed by atoms with Gasteiger partial charge in [0.2, 0.25) is 0 Å². The molecule has 3 aromatic rings. The number of nitrogens with one attached hydrogen (secondary N) is 2. The Morgan fingerprint density at radius 2 is 1.41 bits per heavy atom. The van der Waals surface area contributed by atoms with E-state index in [1.165, 1.54) is 11.3 Å². The van der Waals surface area contributed by atoms with Gasteiger partial charge in [-0.25, -0.2) is 0 Å². The van der Waals surface area contributed by atoms with Crippen molar-refractivity contribution in [1.82, 2.24) is 5.32 Å². The summed E-state index contributed by atoms with van der Waals surface area (Å²) in [6.07, 6.45) is 0. The Bertz CT molecular complexity index is 902. The van der Waals surface area contributed by atoms with E-state index in [2.05, 4.69) is 52.7 Å². The first-order valence-corrected chi connectivity index (χ1v) is 10.3. The number of anilines is 1. The zero-order valence-electron chi connectivity index (χ0n) is 16.7. The summed E-state index contributed by atoms with van der Waals surface area (Å²) in [5.74, 6) is -0.0239. The first-order valence-electron chi connectivity index (χ1n) is 10.3. The molecule has 0 radical (unpaired) electrons. The van der Waals surface area contributed by atoms with E-state index in [-0.39, 0.29) is 5.91 Å². The van der Waals surface area contributed by atoms with Crippen molar-refractivity contribution in [3.63, 3.8) is 0 Å². The van der Waals surface area contributed by atoms with Gasteiger partial charge in [0.1, 0.15) is 6.54 Å². The van der Waals surface area contributed by atoms with E-state index in [1.54, 1.807) is 4.90 Å². The molecule has 4 nitrogen and oxygen atoms in total. The van der Waals surface area contributed by atoms with Crippen molar-refractivity contribution < 1.29 is 9.69 Å². The fourth-order valence-electron chi connectivity index (χ4n) is 3.84. The molecule has 0 atom stereocenters. The van der Waals surface area contributed by atoms with Gasteiger partial charge < -0.3 is 15.1 Å². The molecule has 0 saturated carbocycles. The fourth-order valence-corrected chi connectivity index (χ4v) is 3.84. The average molecular weight is 387 g/mol. The van der Waals surface area contributed by atoms with Gasteiger partial charge in [0.05, 0.1) is 26.2 Å². The van der Waals surface area contributed by atoms with Gasteiger partial charge in [0.25, 0.3) is 5.91 Å². The quantitative estimate of drug-likeness (QED) is 0.683. The minimum absolute atomic E-state index is 0.0239. The minimum Gasteiger partial charge on any atom is -0.360 e. The van der Waals surface area contributed by atoms with Gasteiger partial charge in [-0.15, -0.1) is 0 Å². The Morgan fingerprint density at radius 1 is 0.793 bits per heavy atom. The smallest absolute Gasteiger partial charge is 0.251 e. The second kappa shape index (κ2) is 9.39. The molecule has 4 rings (SSSR count). The number of amides is 1. The molecule has 1 heterocycles. The number of benzene rings is 3. The standard InChI is InChI=1S/C25H27N3O/c29-25(26-19-21-7-3-1-4-8-21)23-13-11-22(12-14-23)20-27-15-17-28(18-16-27)24-9-5-2-6-10-24/h1-14H,15-20H2,(H,26,29)/p+1. The number of carbonyl (C=O) groups is 1. The number of nitrogens with zero attached hydrogens (tertiary/aromatic N) is 1. The van der Waals surface area contributed by atoms with Gasteiger partial charge in [-0.1, -0.05) is 60.7 Å². The summed E-state index contributed by atoms with van der Waals surface area (Å²) in [7, 11) is 0. The van der Waals surface area contributed by atoms with Crippen molar-refractivity contribution in [2.24, 2.45) is 0 Å². The molecule has 29 heavy (non-hydrogen) atoms. The first kappa shape index (κ1) is 19.2. The second-order valence-corrected chi connectivity index (χ2v) is 7.61. The highest BCUT2D eigenvalue weighted by atomic mass is 16.1. The minimum atomic E-state index is -0.0239. The Balaban J connectivity index is 1.26. The number of quaternary nitrogens is 1. The van der Waals surface area contributed by atoms with Crippen LogP contribution in [-0.2, 0) is 13.1 Å². The highest BCUT2D eigenvalue weighted by Crippen LogP contribution is 2.12. The summed E-state index contributed by atoms with van der Waals surface area (Å²) < 4.78 is 0. The van der Waals surface area contributed by atoms with Gasteiger partial charge >= 0.3 is 0 Å². The Kier molecular flexibility index (Phi) is 6.22. The summed E-state index contributed by atoms with van der Waals surface area (Å²) in [6, 6.07) is 28.7. The lowest BCUT2D eigenvalue weighted by Crippen LogP contribution is -3.13. The fraction of sp³-hybridized carbons (Fsp3) is 0.240. The van der Waals surface area contributed by atoms with Gasteiger partial charge in [-0.05, 0) is 29.8 Å². The molecule has 2 N–H and O–H groups in total. The van der Waals surface area contributed by atoms with Gasteiger partial charge in [0, 0.05) is 23.4 Å². The molecule has 148 valence electrons. The second-order valence-electron chi connectivity index (χ2n) is 7.61. The summed E-state index contributed by atoms with van der Waals surface area (Å²) in [5.41, 5.74) is 4.43. The highest BCUT2D eigenvalue weighted by Gasteiger charge is 2.20. The third-order valence-electron chi connectivity index (χ3n) is 5.56. The molecule has 3 aromatic carbocycles. The third-order valence-corrected chi connectivity index (χ3v) is 5.56. The Hall–Kier alpha value is -3.11. The van der Waals surface area contributed by atoms with E-state index >= 15 is 0 Å². The summed E-state index contributed by atoms with van der Waals surface area (Å²) in [6.45, 7) is 5.99. The average Bonchev–Trinajstić information content (AvgIpc) is 2.80. The summed E-state index contributed by atoms with van der Waals surface area (Å²) in [5, 5.41) is 2.99. The monoisotopic (exact) mass is 386 g/mol. The number of hydrogen-bond donors (Lipinski definition) is 2. The largest absolute Gasteiger partial charge is 0.360 e. The van der Waals surface area contributed by atoms with Crippen molar-refractivity contribution in [3.05, 3.63) is 102 Å². The molecule has 0 aliphatic carbocycles. The van der Waals surface area contributed by atoms with Crippen LogP contribution in [-0.4, -0.2) is 32.1 Å². The van der Waals surface area contributed by atoms with Gasteiger partial charge in [-0.2, -0.15) is 0 Å². The Labute approximate surface area is 172 Å². The molecule has 1 saturated heterocycles. The van der Waals surface area contributed by atoms with Crippen molar-refractivity contribution in [3.8, 4) is 0 Å². The topological polar surface area (TPSA) is 36.8 Å². The molecule has 0 spiro atoms. The molecule has 1 aliphatic heterocycles. The SMILES string of the molecule is O=C(NCc1ccccc1)c1ccc(C[NH+]2CCN(c3ccccc3)CC2)cc1. The summed E-state index contributed by atoms with van der Waals surface area (Å²) in [4.78, 5) is 16.4. The van der Waals surface area contributed by atoms with E-state index < -0.39 is 0 Å². The zero-order valence-corrected chi connectivity index (χ0v) is 16.7. The van der Waals surface area contributed by atoms with Gasteiger partial charge in [0.15, 0.2) is 0 Å². The maximum atomic E-state index is 12.4. The highest BCUT2D eigenvalue weighted by molar-refractivity contribution is 5.94. The van der Waals surface area contributed by atoms with Crippen LogP contribution in [0, 0.1) is 0 Å². The molecule has 0 unspecified atom stereocenters. The van der Waals surface area contributed by atoms with Crippen molar-refractivity contribution in [1.29, 1.82) is 0 Å². The van der Waals surface area contributed by atoms with Crippen LogP contribution in [0.5, 0.6) is 0 Å². The molecule has 1 fully saturated rings. The molecule has 0 bridgehead atoms. The third kappa shape index (κ3) is 5.24. The van der Waals surface area contributed by atoms with E-state index in [9.17, 15) is 4.79 Å². The van der Waals surface area contributed by atoms with E-state index in [1.807, 2.05) is 42.5 Å². The van der Waals surface area contributed by atoms with Crippen LogP contribution in [0.3, 0.4) is 0 Å². The van der Waals surface area contributed by atoms with Gasteiger partial charge in [-0.3, -0.25) is 4.79 Å². The normalized spacial score (nSPS) is 14.6. The molecule has 0 aromatic heterocycles. The van der Waals surface area contributed by atoms with Crippen LogP contribution >= 0.6 is 0 Å². The van der Waals surface area contributed by atoms with Crippen LogP contribution in [0.4, 0.5) is 5.69 Å². The summed E-state index contributed by atoms with van der Waals surface area (Å²) >= 11 is 0. The molecular weight excluding hydrogens is 358 g/mol. The van der Waals surface area contributed by atoms with Crippen LogP contribution in [0.15, 0.2) is 84.9 Å². The number of rotatable bonds is 6. The van der Waals surface area contributed by atoms with Crippen LogP contribution in [0.2, 0.25) is 0 Å². The molecule has 1 amide bonds. The van der Waals surface area contributed by atoms with Crippen LogP contribution in [0.1, 0.15) is 21.5 Å². The first-order chi connectivity index (χ1) is 14.3. The number of hydrogen-bond acceptors (Lipinski definition) is 2. The predicted octanol–water partition coefficient (Wildman–Crippen LogP) is 2.52. The lowest BCUT2D eigenvalue weighted by molar-refractivity contribution is -0.914. The maximum absolute atomic E-state index is 12.4. The number of piperazine rings is 1. The molecule has 4 heteroatoms. The molecule has 1 aliphatic rings.